The minimum absolute atomic E-state index is 0.0149. The molecule has 0 saturated heterocycles. The third kappa shape index (κ3) is 3.06. The third-order valence-corrected chi connectivity index (χ3v) is 12.8. The molecule has 0 aromatic carbocycles. The number of aliphatic hydroxyl groups is 1. The Morgan fingerprint density at radius 2 is 1.61 bits per heavy atom. The second kappa shape index (κ2) is 7.11. The first-order valence-electron chi connectivity index (χ1n) is 13.8. The van der Waals surface area contributed by atoms with Gasteiger partial charge in [-0.3, -0.25) is 4.79 Å². The van der Waals surface area contributed by atoms with E-state index in [0.717, 1.165) is 44.9 Å². The fourth-order valence-electron chi connectivity index (χ4n) is 10.8. The van der Waals surface area contributed by atoms with Gasteiger partial charge >= 0.3 is 5.97 Å². The first kappa shape index (κ1) is 23.9. The summed E-state index contributed by atoms with van der Waals surface area (Å²) in [6.07, 6.45) is 12.3. The van der Waals surface area contributed by atoms with Crippen molar-refractivity contribution in [3.63, 3.8) is 0 Å². The highest BCUT2D eigenvalue weighted by Gasteiger charge is 2.67. The molecule has 33 heavy (non-hydrogen) atoms. The number of fused-ring (bicyclic) bond motifs is 7. The predicted molar refractivity (Wildman–Crippen MR) is 133 cm³/mol. The third-order valence-electron chi connectivity index (χ3n) is 12.8. The van der Waals surface area contributed by atoms with Crippen LogP contribution in [0.25, 0.3) is 0 Å². The zero-order valence-corrected chi connectivity index (χ0v) is 22.2. The van der Waals surface area contributed by atoms with Crippen LogP contribution < -0.4 is 0 Å². The molecule has 4 fully saturated rings. The lowest BCUT2D eigenvalue weighted by Crippen LogP contribution is -2.64. The number of hydrogen-bond donors (Lipinski definition) is 2. The maximum atomic E-state index is 12.3. The summed E-state index contributed by atoms with van der Waals surface area (Å²) in [5.41, 5.74) is 2.40. The van der Waals surface area contributed by atoms with Crippen molar-refractivity contribution >= 4 is 5.97 Å². The van der Waals surface area contributed by atoms with Crippen molar-refractivity contribution in [2.24, 2.45) is 56.7 Å². The lowest BCUT2D eigenvalue weighted by molar-refractivity contribution is -0.201. The minimum Gasteiger partial charge on any atom is -0.481 e. The fraction of sp³-hybridized carbons (Fsp3) is 0.900. The molecule has 3 nitrogen and oxygen atoms in total. The zero-order chi connectivity index (χ0) is 24.2. The van der Waals surface area contributed by atoms with E-state index < -0.39 is 5.97 Å². The Morgan fingerprint density at radius 3 is 2.27 bits per heavy atom. The molecule has 2 N–H and O–H groups in total. The van der Waals surface area contributed by atoms with E-state index in [1.54, 1.807) is 5.57 Å². The maximum Gasteiger partial charge on any atom is 0.306 e. The van der Waals surface area contributed by atoms with Crippen molar-refractivity contribution in [1.29, 1.82) is 0 Å². The van der Waals surface area contributed by atoms with Gasteiger partial charge in [0.1, 0.15) is 0 Å². The van der Waals surface area contributed by atoms with E-state index in [2.05, 4.69) is 54.5 Å². The van der Waals surface area contributed by atoms with Crippen molar-refractivity contribution < 1.29 is 15.0 Å². The van der Waals surface area contributed by atoms with Crippen molar-refractivity contribution in [3.05, 3.63) is 11.6 Å². The zero-order valence-electron chi connectivity index (χ0n) is 22.2. The molecule has 5 aliphatic carbocycles. The average molecular weight is 457 g/mol. The lowest BCUT2D eigenvalue weighted by Gasteiger charge is -2.70. The van der Waals surface area contributed by atoms with Gasteiger partial charge in [0.2, 0.25) is 0 Å². The van der Waals surface area contributed by atoms with Gasteiger partial charge in [-0.15, -0.1) is 0 Å². The molecule has 3 unspecified atom stereocenters. The standard InChI is InChI=1S/C30H48O3/c1-26(2)16-19-18(20(17-26)25(32)33)10-14-29(6)21(19)8-9-23-28(5)13-12-24(31)27(3,4)22(28)11-15-30(23,29)7/h8,18-20,22-24,31H,9-17H2,1-7H3,(H,32,33)/t18?,19-,20?,22-,23-,24?,28-,29+,30+/m0/s1. The van der Waals surface area contributed by atoms with E-state index in [9.17, 15) is 15.0 Å². The maximum absolute atomic E-state index is 12.3. The average Bonchev–Trinajstić information content (AvgIpc) is 2.70. The molecule has 0 bridgehead atoms. The SMILES string of the molecule is CC1(C)CC(C(=O)O)C2CC[C@]3(C)C(=CC[C@H]4[C@@]5(C)CCC(O)C(C)(C)[C@@H]5CC[C@]43C)[C@H]2C1. The van der Waals surface area contributed by atoms with Crippen LogP contribution >= 0.6 is 0 Å². The number of rotatable bonds is 1. The highest BCUT2D eigenvalue weighted by atomic mass is 16.4. The van der Waals surface area contributed by atoms with Crippen LogP contribution in [0.3, 0.4) is 0 Å². The number of allylic oxidation sites excluding steroid dienone is 2. The molecule has 0 aliphatic heterocycles. The molecule has 0 aromatic rings. The summed E-state index contributed by atoms with van der Waals surface area (Å²) < 4.78 is 0. The van der Waals surface area contributed by atoms with Crippen LogP contribution in [0, 0.1) is 56.7 Å². The Labute approximate surface area is 201 Å². The van der Waals surface area contributed by atoms with Gasteiger partial charge in [0.05, 0.1) is 12.0 Å². The molecule has 5 aliphatic rings. The molecular formula is C30H48O3. The largest absolute Gasteiger partial charge is 0.481 e. The van der Waals surface area contributed by atoms with Gasteiger partial charge in [-0.25, -0.2) is 0 Å². The molecule has 186 valence electrons. The lowest BCUT2D eigenvalue weighted by atomic mass is 9.34. The van der Waals surface area contributed by atoms with Crippen LogP contribution in [-0.2, 0) is 4.79 Å². The first-order chi connectivity index (χ1) is 15.2. The van der Waals surface area contributed by atoms with Crippen molar-refractivity contribution in [2.45, 2.75) is 112 Å². The summed E-state index contributed by atoms with van der Waals surface area (Å²) in [4.78, 5) is 12.3. The molecule has 3 heteroatoms. The van der Waals surface area contributed by atoms with Gasteiger partial charge in [-0.2, -0.15) is 0 Å². The number of carboxylic acid groups (broad SMARTS) is 1. The van der Waals surface area contributed by atoms with Crippen LogP contribution in [0.15, 0.2) is 11.6 Å². The van der Waals surface area contributed by atoms with E-state index in [0.29, 0.717) is 23.7 Å². The second-order valence-corrected chi connectivity index (χ2v) is 15.0. The van der Waals surface area contributed by atoms with E-state index >= 15 is 0 Å². The normalized spacial score (nSPS) is 52.4. The summed E-state index contributed by atoms with van der Waals surface area (Å²) in [5, 5.41) is 21.0. The summed E-state index contributed by atoms with van der Waals surface area (Å²) in [6.45, 7) is 16.9. The van der Waals surface area contributed by atoms with E-state index in [-0.39, 0.29) is 39.1 Å². The fourth-order valence-corrected chi connectivity index (χ4v) is 10.8. The number of aliphatic hydroxyl groups excluding tert-OH is 1. The molecule has 9 atom stereocenters. The highest BCUT2D eigenvalue weighted by Crippen LogP contribution is 2.74. The number of hydrogen-bond acceptors (Lipinski definition) is 2. The Hall–Kier alpha value is -0.830. The number of carboxylic acids is 1. The quantitative estimate of drug-likeness (QED) is 0.414. The van der Waals surface area contributed by atoms with Gasteiger partial charge in [0, 0.05) is 0 Å². The van der Waals surface area contributed by atoms with E-state index in [1.165, 1.54) is 12.8 Å². The van der Waals surface area contributed by atoms with Gasteiger partial charge in [-0.1, -0.05) is 60.1 Å². The molecule has 0 radical (unpaired) electrons. The van der Waals surface area contributed by atoms with Crippen LogP contribution in [0.4, 0.5) is 0 Å². The second-order valence-electron chi connectivity index (χ2n) is 15.0. The van der Waals surface area contributed by atoms with Gasteiger partial charge in [-0.05, 0) is 109 Å². The molecule has 0 amide bonds. The minimum atomic E-state index is -0.571. The molecule has 0 heterocycles. The highest BCUT2D eigenvalue weighted by molar-refractivity contribution is 5.71. The Morgan fingerprint density at radius 1 is 0.909 bits per heavy atom. The molecular weight excluding hydrogens is 408 g/mol. The summed E-state index contributed by atoms with van der Waals surface area (Å²) in [5.74, 6) is 1.20. The number of carbonyl (C=O) groups is 1. The Bertz CT molecular complexity index is 870. The van der Waals surface area contributed by atoms with Crippen LogP contribution in [0.1, 0.15) is 106 Å². The van der Waals surface area contributed by atoms with Gasteiger partial charge in [0.25, 0.3) is 0 Å². The van der Waals surface area contributed by atoms with E-state index in [1.807, 2.05) is 0 Å². The Kier molecular flexibility index (Phi) is 5.15. The summed E-state index contributed by atoms with van der Waals surface area (Å²) in [6, 6.07) is 0. The topological polar surface area (TPSA) is 57.5 Å². The first-order valence-corrected chi connectivity index (χ1v) is 13.8. The van der Waals surface area contributed by atoms with Gasteiger partial charge in [0.15, 0.2) is 0 Å². The summed E-state index contributed by atoms with van der Waals surface area (Å²) in [7, 11) is 0. The molecule has 5 rings (SSSR count). The van der Waals surface area contributed by atoms with Crippen LogP contribution in [0.5, 0.6) is 0 Å². The Balaban J connectivity index is 1.56. The van der Waals surface area contributed by atoms with Crippen molar-refractivity contribution in [1.82, 2.24) is 0 Å². The van der Waals surface area contributed by atoms with Crippen LogP contribution in [-0.4, -0.2) is 22.3 Å². The van der Waals surface area contributed by atoms with E-state index in [4.69, 9.17) is 0 Å². The van der Waals surface area contributed by atoms with Crippen LogP contribution in [0.2, 0.25) is 0 Å². The molecule has 0 aromatic heterocycles. The monoisotopic (exact) mass is 456 g/mol. The van der Waals surface area contributed by atoms with Crippen molar-refractivity contribution in [2.75, 3.05) is 0 Å². The van der Waals surface area contributed by atoms with Crippen molar-refractivity contribution in [3.8, 4) is 0 Å². The summed E-state index contributed by atoms with van der Waals surface area (Å²) >= 11 is 0. The van der Waals surface area contributed by atoms with Gasteiger partial charge < -0.3 is 10.2 Å². The predicted octanol–water partition coefficient (Wildman–Crippen LogP) is 7.09. The smallest absolute Gasteiger partial charge is 0.306 e. The molecule has 0 spiro atoms. The molecule has 4 saturated carbocycles. The number of aliphatic carboxylic acids is 1.